The molecule has 0 aromatic carbocycles. The molecule has 0 aliphatic carbocycles. The summed E-state index contributed by atoms with van der Waals surface area (Å²) in [6, 6.07) is 1.70. The second-order valence-corrected chi connectivity index (χ2v) is 5.59. The van der Waals surface area contributed by atoms with E-state index in [1.54, 1.807) is 12.3 Å². The molecule has 0 saturated heterocycles. The van der Waals surface area contributed by atoms with Crippen molar-refractivity contribution in [3.63, 3.8) is 0 Å². The Labute approximate surface area is 118 Å². The molecule has 0 aliphatic heterocycles. The number of carboxylic acids is 1. The number of carboxylic acid groups (broad SMARTS) is 1. The van der Waals surface area contributed by atoms with Gasteiger partial charge in [0.15, 0.2) is 0 Å². The number of methoxy groups -OCH3 is 1. The van der Waals surface area contributed by atoms with Gasteiger partial charge < -0.3 is 19.3 Å². The largest absolute Gasteiger partial charge is 0.480 e. The van der Waals surface area contributed by atoms with E-state index in [0.29, 0.717) is 12.2 Å². The van der Waals surface area contributed by atoms with Crippen LogP contribution < -0.4 is 0 Å². The van der Waals surface area contributed by atoms with Crippen molar-refractivity contribution in [2.24, 2.45) is 0 Å². The zero-order valence-corrected chi connectivity index (χ0v) is 12.4. The van der Waals surface area contributed by atoms with E-state index >= 15 is 0 Å². The molecule has 0 saturated carbocycles. The molecule has 1 amide bonds. The van der Waals surface area contributed by atoms with Gasteiger partial charge in [-0.25, -0.2) is 0 Å². The summed E-state index contributed by atoms with van der Waals surface area (Å²) in [5.74, 6) is -1.34. The van der Waals surface area contributed by atoms with Gasteiger partial charge in [-0.2, -0.15) is 0 Å². The molecule has 0 fully saturated rings. The number of carbonyl (C=O) groups is 2. The van der Waals surface area contributed by atoms with Gasteiger partial charge in [0.05, 0.1) is 12.2 Å². The maximum Gasteiger partial charge on any atom is 0.323 e. The third kappa shape index (κ3) is 4.38. The van der Waals surface area contributed by atoms with Crippen LogP contribution in [0.1, 0.15) is 31.1 Å². The number of aromatic nitrogens is 1. The Balaban J connectivity index is 2.88. The van der Waals surface area contributed by atoms with Gasteiger partial charge >= 0.3 is 5.97 Å². The third-order valence-electron chi connectivity index (χ3n) is 2.89. The van der Waals surface area contributed by atoms with Crippen molar-refractivity contribution in [1.82, 2.24) is 9.47 Å². The van der Waals surface area contributed by atoms with Crippen LogP contribution in [0.3, 0.4) is 0 Å². The molecule has 112 valence electrons. The van der Waals surface area contributed by atoms with E-state index in [1.165, 1.54) is 12.0 Å². The SMILES string of the molecule is COCCN(CC(=O)O)C(=O)c1ccn(C(C)(C)C)c1. The minimum atomic E-state index is -1.04. The Hall–Kier alpha value is -1.82. The van der Waals surface area contributed by atoms with E-state index in [2.05, 4.69) is 0 Å². The van der Waals surface area contributed by atoms with Crippen molar-refractivity contribution < 1.29 is 19.4 Å². The second-order valence-electron chi connectivity index (χ2n) is 5.59. The lowest BCUT2D eigenvalue weighted by Gasteiger charge is -2.22. The summed E-state index contributed by atoms with van der Waals surface area (Å²) in [7, 11) is 1.51. The number of hydrogen-bond acceptors (Lipinski definition) is 3. The fourth-order valence-corrected chi connectivity index (χ4v) is 1.74. The van der Waals surface area contributed by atoms with Crippen molar-refractivity contribution >= 4 is 11.9 Å². The lowest BCUT2D eigenvalue weighted by molar-refractivity contribution is -0.137. The van der Waals surface area contributed by atoms with Crippen molar-refractivity contribution in [3.05, 3.63) is 24.0 Å². The molecular formula is C14H22N2O4. The van der Waals surface area contributed by atoms with Crippen LogP contribution in [0.5, 0.6) is 0 Å². The van der Waals surface area contributed by atoms with Gasteiger partial charge in [-0.15, -0.1) is 0 Å². The van der Waals surface area contributed by atoms with Crippen LogP contribution in [-0.2, 0) is 15.1 Å². The quantitative estimate of drug-likeness (QED) is 0.856. The van der Waals surface area contributed by atoms with Gasteiger partial charge in [0.25, 0.3) is 5.91 Å². The number of carbonyl (C=O) groups excluding carboxylic acids is 1. The lowest BCUT2D eigenvalue weighted by atomic mass is 10.1. The summed E-state index contributed by atoms with van der Waals surface area (Å²) in [6.45, 7) is 6.31. The first-order valence-electron chi connectivity index (χ1n) is 6.44. The highest BCUT2D eigenvalue weighted by Gasteiger charge is 2.21. The summed E-state index contributed by atoms with van der Waals surface area (Å²) in [5, 5.41) is 8.87. The predicted octanol–water partition coefficient (Wildman–Crippen LogP) is 1.42. The first-order chi connectivity index (χ1) is 9.25. The van der Waals surface area contributed by atoms with E-state index in [-0.39, 0.29) is 24.5 Å². The topological polar surface area (TPSA) is 71.8 Å². The van der Waals surface area contributed by atoms with Crippen LogP contribution in [0.15, 0.2) is 18.5 Å². The van der Waals surface area contributed by atoms with E-state index in [9.17, 15) is 9.59 Å². The van der Waals surface area contributed by atoms with E-state index in [0.717, 1.165) is 0 Å². The Bertz CT molecular complexity index is 474. The zero-order chi connectivity index (χ0) is 15.3. The van der Waals surface area contributed by atoms with E-state index in [4.69, 9.17) is 9.84 Å². The molecule has 1 aromatic rings. The van der Waals surface area contributed by atoms with Gasteiger partial charge in [-0.05, 0) is 26.8 Å². The van der Waals surface area contributed by atoms with Crippen molar-refractivity contribution in [2.75, 3.05) is 26.8 Å². The maximum absolute atomic E-state index is 12.3. The minimum Gasteiger partial charge on any atom is -0.480 e. The van der Waals surface area contributed by atoms with Crippen LogP contribution in [0, 0.1) is 0 Å². The summed E-state index contributed by atoms with van der Waals surface area (Å²) >= 11 is 0. The summed E-state index contributed by atoms with van der Waals surface area (Å²) in [6.07, 6.45) is 3.56. The zero-order valence-electron chi connectivity index (χ0n) is 12.4. The highest BCUT2D eigenvalue weighted by Crippen LogP contribution is 2.16. The molecule has 1 N–H and O–H groups in total. The Morgan fingerprint density at radius 2 is 2.05 bits per heavy atom. The number of ether oxygens (including phenoxy) is 1. The number of hydrogen-bond donors (Lipinski definition) is 1. The molecule has 0 unspecified atom stereocenters. The Morgan fingerprint density at radius 3 is 2.50 bits per heavy atom. The molecule has 1 aromatic heterocycles. The fourth-order valence-electron chi connectivity index (χ4n) is 1.74. The van der Waals surface area contributed by atoms with Crippen LogP contribution in [0.4, 0.5) is 0 Å². The molecular weight excluding hydrogens is 260 g/mol. The molecule has 6 heteroatoms. The molecule has 0 atom stereocenters. The van der Waals surface area contributed by atoms with Crippen molar-refractivity contribution in [3.8, 4) is 0 Å². The van der Waals surface area contributed by atoms with E-state index < -0.39 is 5.97 Å². The number of aliphatic carboxylic acids is 1. The molecule has 0 aliphatic rings. The van der Waals surface area contributed by atoms with Gasteiger partial charge in [0, 0.05) is 31.6 Å². The molecule has 0 radical (unpaired) electrons. The predicted molar refractivity (Wildman–Crippen MR) is 74.8 cm³/mol. The number of rotatable bonds is 6. The maximum atomic E-state index is 12.3. The summed E-state index contributed by atoms with van der Waals surface area (Å²) < 4.78 is 6.83. The first kappa shape index (κ1) is 16.2. The van der Waals surface area contributed by atoms with Gasteiger partial charge in [0.1, 0.15) is 6.54 Å². The monoisotopic (exact) mass is 282 g/mol. The smallest absolute Gasteiger partial charge is 0.323 e. The molecule has 0 spiro atoms. The highest BCUT2D eigenvalue weighted by atomic mass is 16.5. The molecule has 0 bridgehead atoms. The Kier molecular flexibility index (Phi) is 5.33. The second kappa shape index (κ2) is 6.56. The van der Waals surface area contributed by atoms with Gasteiger partial charge in [0.2, 0.25) is 0 Å². The standard InChI is InChI=1S/C14H22N2O4/c1-14(2,3)16-6-5-11(9-16)13(19)15(7-8-20-4)10-12(17)18/h5-6,9H,7-8,10H2,1-4H3,(H,17,18). The van der Waals surface area contributed by atoms with Crippen LogP contribution >= 0.6 is 0 Å². The normalized spacial score (nSPS) is 11.4. The van der Waals surface area contributed by atoms with Crippen molar-refractivity contribution in [1.29, 1.82) is 0 Å². The minimum absolute atomic E-state index is 0.122. The summed E-state index contributed by atoms with van der Waals surface area (Å²) in [5.41, 5.74) is 0.361. The Morgan fingerprint density at radius 1 is 1.40 bits per heavy atom. The van der Waals surface area contributed by atoms with Crippen LogP contribution in [0.2, 0.25) is 0 Å². The van der Waals surface area contributed by atoms with Crippen molar-refractivity contribution in [2.45, 2.75) is 26.3 Å². The number of nitrogens with zero attached hydrogens (tertiary/aromatic N) is 2. The van der Waals surface area contributed by atoms with Gasteiger partial charge in [-0.1, -0.05) is 0 Å². The van der Waals surface area contributed by atoms with Gasteiger partial charge in [-0.3, -0.25) is 9.59 Å². The number of amides is 1. The average Bonchev–Trinajstić information content (AvgIpc) is 2.82. The summed E-state index contributed by atoms with van der Waals surface area (Å²) in [4.78, 5) is 24.4. The first-order valence-corrected chi connectivity index (χ1v) is 6.44. The van der Waals surface area contributed by atoms with E-state index in [1.807, 2.05) is 31.5 Å². The third-order valence-corrected chi connectivity index (χ3v) is 2.89. The van der Waals surface area contributed by atoms with Crippen LogP contribution in [-0.4, -0.2) is 53.3 Å². The molecule has 1 rings (SSSR count). The highest BCUT2D eigenvalue weighted by molar-refractivity contribution is 5.95. The molecule has 6 nitrogen and oxygen atoms in total. The molecule has 1 heterocycles. The average molecular weight is 282 g/mol. The van der Waals surface area contributed by atoms with Crippen LogP contribution in [0.25, 0.3) is 0 Å². The fraction of sp³-hybridized carbons (Fsp3) is 0.571. The molecule has 20 heavy (non-hydrogen) atoms. The lowest BCUT2D eigenvalue weighted by Crippen LogP contribution is -2.37.